The SMILES string of the molecule is c1ccc(-c2cc3c4c(c2)Sc2ccccc2B4c2cc4c(cc2O3)Sc2cc(-c3ccccc3)cc3c2B4c2ccccc2N3c2ccccc2-c2ccccc2)cc1. The van der Waals surface area contributed by atoms with E-state index < -0.39 is 0 Å². The number of rotatable bonds is 4. The van der Waals surface area contributed by atoms with Gasteiger partial charge in [0.15, 0.2) is 0 Å². The first-order valence-electron chi connectivity index (χ1n) is 20.6. The van der Waals surface area contributed by atoms with Gasteiger partial charge in [0.05, 0.1) is 5.69 Å². The van der Waals surface area contributed by atoms with Gasteiger partial charge in [0.2, 0.25) is 6.71 Å². The van der Waals surface area contributed by atoms with Crippen LogP contribution in [0.15, 0.2) is 220 Å². The van der Waals surface area contributed by atoms with Crippen LogP contribution in [-0.2, 0) is 0 Å². The van der Waals surface area contributed by atoms with Crippen molar-refractivity contribution in [1.29, 1.82) is 0 Å². The highest BCUT2D eigenvalue weighted by atomic mass is 32.2. The average molecular weight is 798 g/mol. The Hall–Kier alpha value is -6.59. The maximum Gasteiger partial charge on any atom is 0.253 e. The van der Waals surface area contributed by atoms with Crippen molar-refractivity contribution in [3.8, 4) is 44.9 Å². The lowest BCUT2D eigenvalue weighted by Crippen LogP contribution is -2.63. The molecule has 9 aromatic rings. The average Bonchev–Trinajstić information content (AvgIpc) is 3.31. The van der Waals surface area contributed by atoms with Crippen LogP contribution in [-0.4, -0.2) is 13.4 Å². The summed E-state index contributed by atoms with van der Waals surface area (Å²) in [5, 5.41) is 0. The molecule has 0 bridgehead atoms. The zero-order chi connectivity index (χ0) is 39.3. The molecule has 6 heteroatoms. The molecule has 0 saturated carbocycles. The maximum absolute atomic E-state index is 7.12. The minimum atomic E-state index is 0.0345. The van der Waals surface area contributed by atoms with Gasteiger partial charge < -0.3 is 9.64 Å². The minimum absolute atomic E-state index is 0.0345. The van der Waals surface area contributed by atoms with E-state index in [1.807, 2.05) is 23.5 Å². The second-order valence-electron chi connectivity index (χ2n) is 15.9. The zero-order valence-electron chi connectivity index (χ0n) is 32.4. The normalized spacial score (nSPS) is 13.6. The van der Waals surface area contributed by atoms with Crippen LogP contribution in [0, 0.1) is 0 Å². The van der Waals surface area contributed by atoms with Gasteiger partial charge in [-0.25, -0.2) is 0 Å². The highest BCUT2D eigenvalue weighted by Gasteiger charge is 2.45. The summed E-state index contributed by atoms with van der Waals surface area (Å²) in [5.41, 5.74) is 18.7. The van der Waals surface area contributed by atoms with Gasteiger partial charge >= 0.3 is 0 Å². The molecule has 0 aliphatic carbocycles. The summed E-state index contributed by atoms with van der Waals surface area (Å²) in [4.78, 5) is 7.64. The molecule has 4 aliphatic rings. The Labute approximate surface area is 359 Å². The second-order valence-corrected chi connectivity index (χ2v) is 18.1. The van der Waals surface area contributed by atoms with Crippen LogP contribution in [0.4, 0.5) is 17.1 Å². The summed E-state index contributed by atoms with van der Waals surface area (Å²) in [6.45, 7) is 0.0953. The van der Waals surface area contributed by atoms with Gasteiger partial charge in [0.25, 0.3) is 6.71 Å². The molecule has 13 rings (SSSR count). The highest BCUT2D eigenvalue weighted by molar-refractivity contribution is 8.00. The monoisotopic (exact) mass is 797 g/mol. The van der Waals surface area contributed by atoms with Gasteiger partial charge in [-0.3, -0.25) is 0 Å². The van der Waals surface area contributed by atoms with E-state index in [1.165, 1.54) is 103 Å². The van der Waals surface area contributed by atoms with Crippen LogP contribution in [0.1, 0.15) is 0 Å². The molecular formula is C54H33B2NOS2. The lowest BCUT2D eigenvalue weighted by molar-refractivity contribution is 0.485. The molecule has 0 amide bonds. The van der Waals surface area contributed by atoms with E-state index in [0.29, 0.717) is 0 Å². The number of nitrogens with zero attached hydrogens (tertiary/aromatic N) is 1. The Morgan fingerprint density at radius 3 is 1.65 bits per heavy atom. The first kappa shape index (κ1) is 34.3. The van der Waals surface area contributed by atoms with Crippen LogP contribution in [0.25, 0.3) is 33.4 Å². The van der Waals surface area contributed by atoms with Gasteiger partial charge in [-0.05, 0) is 98.2 Å². The molecule has 4 heterocycles. The molecule has 0 spiro atoms. The van der Waals surface area contributed by atoms with Crippen molar-refractivity contribution in [1.82, 2.24) is 0 Å². The van der Waals surface area contributed by atoms with E-state index in [9.17, 15) is 0 Å². The molecule has 0 N–H and O–H groups in total. The van der Waals surface area contributed by atoms with Gasteiger partial charge in [0, 0.05) is 36.5 Å². The van der Waals surface area contributed by atoms with Crippen molar-refractivity contribution >= 4 is 86.8 Å². The standard InChI is InChI=1S/C54H33B2NOS2/c1-4-16-34(17-5-1)37-28-46-53-51(30-37)60-50-33-47-42(56-41-24-12-15-27-49(41)59-52-31-38(29-48(58-47)54(52)56)35-18-6-2-7-19-35)32-43(50)55(53)40-23-11-14-26-45(40)57(46)44-25-13-10-22-39(44)36-20-8-3-9-21-36/h1-33H. The molecule has 278 valence electrons. The molecule has 0 aromatic heterocycles. The first-order chi connectivity index (χ1) is 29.7. The van der Waals surface area contributed by atoms with Crippen LogP contribution in [0.2, 0.25) is 0 Å². The van der Waals surface area contributed by atoms with Crippen molar-refractivity contribution < 1.29 is 4.74 Å². The summed E-state index contributed by atoms with van der Waals surface area (Å²) in [6.07, 6.45) is 0. The Kier molecular flexibility index (Phi) is 7.70. The fourth-order valence-electron chi connectivity index (χ4n) is 10.0. The zero-order valence-corrected chi connectivity index (χ0v) is 34.0. The molecule has 9 aromatic carbocycles. The van der Waals surface area contributed by atoms with Crippen LogP contribution in [0.5, 0.6) is 11.5 Å². The second kappa shape index (κ2) is 13.5. The van der Waals surface area contributed by atoms with Crippen LogP contribution >= 0.6 is 23.5 Å². The van der Waals surface area contributed by atoms with E-state index in [0.717, 1.165) is 11.5 Å². The van der Waals surface area contributed by atoms with Gasteiger partial charge in [0.1, 0.15) is 11.5 Å². The molecule has 0 unspecified atom stereocenters. The number of hydrogen-bond acceptors (Lipinski definition) is 4. The molecular weight excluding hydrogens is 764 g/mol. The van der Waals surface area contributed by atoms with Crippen molar-refractivity contribution in [2.75, 3.05) is 4.90 Å². The first-order valence-corrected chi connectivity index (χ1v) is 22.2. The largest absolute Gasteiger partial charge is 0.458 e. The molecule has 0 saturated heterocycles. The molecule has 2 nitrogen and oxygen atoms in total. The number of para-hydroxylation sites is 2. The summed E-state index contributed by atoms with van der Waals surface area (Å²) in [7, 11) is 0. The van der Waals surface area contributed by atoms with E-state index in [-0.39, 0.29) is 13.4 Å². The quantitative estimate of drug-likeness (QED) is 0.164. The minimum Gasteiger partial charge on any atom is -0.458 e. The summed E-state index contributed by atoms with van der Waals surface area (Å²) >= 11 is 3.75. The van der Waals surface area contributed by atoms with Crippen molar-refractivity contribution in [2.24, 2.45) is 0 Å². The molecule has 60 heavy (non-hydrogen) atoms. The van der Waals surface area contributed by atoms with E-state index in [4.69, 9.17) is 4.74 Å². The van der Waals surface area contributed by atoms with E-state index >= 15 is 0 Å². The Bertz CT molecular complexity index is 3210. The topological polar surface area (TPSA) is 12.5 Å². The number of anilines is 3. The summed E-state index contributed by atoms with van der Waals surface area (Å²) < 4.78 is 7.12. The molecule has 4 aliphatic heterocycles. The summed E-state index contributed by atoms with van der Waals surface area (Å²) in [5.74, 6) is 1.90. The lowest BCUT2D eigenvalue weighted by Gasteiger charge is -2.42. The number of ether oxygens (including phenoxy) is 1. The number of hydrogen-bond donors (Lipinski definition) is 0. The lowest BCUT2D eigenvalue weighted by atomic mass is 9.32. The predicted octanol–water partition coefficient (Wildman–Crippen LogP) is 10.5. The maximum atomic E-state index is 7.12. The van der Waals surface area contributed by atoms with Crippen molar-refractivity contribution in [3.05, 3.63) is 200 Å². The smallest absolute Gasteiger partial charge is 0.253 e. The molecule has 0 fully saturated rings. The Morgan fingerprint density at radius 2 is 0.900 bits per heavy atom. The number of fused-ring (bicyclic) bond motifs is 8. The fraction of sp³-hybridized carbons (Fsp3) is 0. The summed E-state index contributed by atoms with van der Waals surface area (Å²) in [6, 6.07) is 73.6. The molecule has 0 atom stereocenters. The number of benzene rings is 9. The predicted molar refractivity (Wildman–Crippen MR) is 254 cm³/mol. The van der Waals surface area contributed by atoms with Gasteiger partial charge in [-0.1, -0.05) is 186 Å². The van der Waals surface area contributed by atoms with Crippen LogP contribution in [0.3, 0.4) is 0 Å². The van der Waals surface area contributed by atoms with Crippen molar-refractivity contribution in [2.45, 2.75) is 19.6 Å². The van der Waals surface area contributed by atoms with Gasteiger partial charge in [-0.15, -0.1) is 0 Å². The third kappa shape index (κ3) is 5.21. The third-order valence-corrected chi connectivity index (χ3v) is 14.9. The molecule has 0 radical (unpaired) electrons. The third-order valence-electron chi connectivity index (χ3n) is 12.6. The van der Waals surface area contributed by atoms with E-state index in [1.54, 1.807) is 0 Å². The highest BCUT2D eigenvalue weighted by Crippen LogP contribution is 2.47. The van der Waals surface area contributed by atoms with Crippen molar-refractivity contribution in [3.63, 3.8) is 0 Å². The fourth-order valence-corrected chi connectivity index (χ4v) is 12.4. The van der Waals surface area contributed by atoms with Gasteiger partial charge in [-0.2, -0.15) is 0 Å². The Balaban J connectivity index is 1.05. The Morgan fingerprint density at radius 1 is 0.333 bits per heavy atom. The van der Waals surface area contributed by atoms with Crippen LogP contribution < -0.4 is 42.4 Å². The van der Waals surface area contributed by atoms with E-state index in [2.05, 4.69) is 205 Å².